The monoisotopic (exact) mass is 963 g/mol. The third-order valence-corrected chi connectivity index (χ3v) is 13.5. The van der Waals surface area contributed by atoms with Gasteiger partial charge >= 0.3 is 6.09 Å². The number of aliphatic hydroxyl groups is 1. The van der Waals surface area contributed by atoms with Gasteiger partial charge < -0.3 is 24.4 Å². The van der Waals surface area contributed by atoms with E-state index in [2.05, 4.69) is 20.1 Å². The number of hydrogen-bond acceptors (Lipinski definition) is 12. The third kappa shape index (κ3) is 10.9. The number of nitrogens with zero attached hydrogens (tertiary/aromatic N) is 6. The van der Waals surface area contributed by atoms with E-state index in [9.17, 15) is 23.4 Å². The molecule has 0 aliphatic rings. The molecule has 1 aromatic heterocycles. The van der Waals surface area contributed by atoms with Gasteiger partial charge in [0.2, 0.25) is 25.9 Å². The maximum absolute atomic E-state index is 15.4. The minimum Gasteiger partial charge on any atom is -0.497 e. The lowest BCUT2D eigenvalue weighted by Gasteiger charge is -2.38. The van der Waals surface area contributed by atoms with Crippen molar-refractivity contribution in [2.45, 2.75) is 61.8 Å². The molecule has 3 N–H and O–H groups in total. The van der Waals surface area contributed by atoms with E-state index in [1.54, 1.807) is 101 Å². The number of sulfonamides is 2. The number of ether oxygens (including phenoxy) is 3. The summed E-state index contributed by atoms with van der Waals surface area (Å²) in [6.07, 6.45) is -1.38. The fourth-order valence-corrected chi connectivity index (χ4v) is 10.6. The lowest BCUT2D eigenvalue weighted by Crippen LogP contribution is -2.56. The van der Waals surface area contributed by atoms with Crippen LogP contribution in [0.15, 0.2) is 94.7 Å². The first kappa shape index (κ1) is 45.2. The molecular weight excluding hydrogens is 918 g/mol. The van der Waals surface area contributed by atoms with Crippen LogP contribution in [0.2, 0.25) is 0 Å². The van der Waals surface area contributed by atoms with Gasteiger partial charge in [0.15, 0.2) is 0 Å². The van der Waals surface area contributed by atoms with Gasteiger partial charge in [-0.15, -0.1) is 10.2 Å². The van der Waals surface area contributed by atoms with Gasteiger partial charge in [-0.1, -0.05) is 36.4 Å². The molecule has 316 valence electrons. The van der Waals surface area contributed by atoms with Crippen LogP contribution in [0.3, 0.4) is 0 Å². The summed E-state index contributed by atoms with van der Waals surface area (Å²) in [5.74, 6) is 1.58. The standard InChI is InChI=1S/C39H46IN7O10S2/c1-39(2,3)47(38(49)50)29(25-48)21-41-58(51,52)34-20-19-33(40)35(37-42-44-46(43-37)24-28-11-17-32(57-6)18-12-28)36(34)59(53,54)45(22-26-7-13-30(55-4)14-8-26)23-27-9-15-31(56-5)16-10-27/h7-20,29,41,48H,21-25H2,1-6H3,(H,49,50)/t29-/m1/s1. The van der Waals surface area contributed by atoms with Gasteiger partial charge in [0.1, 0.15) is 27.0 Å². The molecule has 20 heteroatoms. The maximum Gasteiger partial charge on any atom is 0.408 e. The molecule has 1 atom stereocenters. The number of methoxy groups -OCH3 is 3. The summed E-state index contributed by atoms with van der Waals surface area (Å²) in [5.41, 5.74) is 0.782. The second-order valence-electron chi connectivity index (χ2n) is 14.2. The van der Waals surface area contributed by atoms with E-state index in [0.29, 0.717) is 31.9 Å². The number of hydrogen-bond donors (Lipinski definition) is 3. The Morgan fingerprint density at radius 2 is 1.31 bits per heavy atom. The van der Waals surface area contributed by atoms with Crippen LogP contribution in [0.5, 0.6) is 17.2 Å². The molecule has 0 fully saturated rings. The highest BCUT2D eigenvalue weighted by Crippen LogP contribution is 2.38. The molecule has 0 aliphatic heterocycles. The predicted molar refractivity (Wildman–Crippen MR) is 226 cm³/mol. The third-order valence-electron chi connectivity index (χ3n) is 9.17. The van der Waals surface area contributed by atoms with Crippen molar-refractivity contribution in [1.29, 1.82) is 0 Å². The first-order valence-electron chi connectivity index (χ1n) is 18.0. The molecule has 0 radical (unpaired) electrons. The molecule has 5 rings (SSSR count). The number of benzene rings is 4. The summed E-state index contributed by atoms with van der Waals surface area (Å²) in [6.45, 7) is 3.25. The van der Waals surface area contributed by atoms with E-state index in [1.165, 1.54) is 25.1 Å². The Bertz CT molecular complexity index is 2390. The van der Waals surface area contributed by atoms with Crippen molar-refractivity contribution in [3.8, 4) is 28.6 Å². The molecule has 0 saturated carbocycles. The minimum absolute atomic E-state index is 0.121. The van der Waals surface area contributed by atoms with Crippen molar-refractivity contribution in [3.05, 3.63) is 105 Å². The van der Waals surface area contributed by atoms with Crippen molar-refractivity contribution in [1.82, 2.24) is 34.1 Å². The molecule has 0 saturated heterocycles. The van der Waals surface area contributed by atoms with Gasteiger partial charge in [0.05, 0.1) is 46.1 Å². The highest BCUT2D eigenvalue weighted by molar-refractivity contribution is 14.1. The fourth-order valence-electron chi connectivity index (χ4n) is 6.26. The van der Waals surface area contributed by atoms with E-state index in [0.717, 1.165) is 20.8 Å². The van der Waals surface area contributed by atoms with E-state index in [-0.39, 0.29) is 31.0 Å². The molecule has 5 aromatic rings. The van der Waals surface area contributed by atoms with Crippen molar-refractivity contribution in [2.24, 2.45) is 0 Å². The van der Waals surface area contributed by atoms with Crippen molar-refractivity contribution < 1.29 is 46.1 Å². The number of carbonyl (C=O) groups is 1. The molecule has 1 heterocycles. The average molecular weight is 964 g/mol. The average Bonchev–Trinajstić information content (AvgIpc) is 3.66. The minimum atomic E-state index is -4.84. The lowest BCUT2D eigenvalue weighted by atomic mass is 10.0. The second-order valence-corrected chi connectivity index (χ2v) is 19.0. The smallest absolute Gasteiger partial charge is 0.408 e. The molecule has 17 nitrogen and oxygen atoms in total. The van der Waals surface area contributed by atoms with E-state index < -0.39 is 60.7 Å². The summed E-state index contributed by atoms with van der Waals surface area (Å²) >= 11 is 1.90. The van der Waals surface area contributed by atoms with Crippen molar-refractivity contribution in [3.63, 3.8) is 0 Å². The normalized spacial score (nSPS) is 12.6. The molecule has 0 unspecified atom stereocenters. The number of halogens is 1. The van der Waals surface area contributed by atoms with Crippen LogP contribution >= 0.6 is 22.6 Å². The first-order chi connectivity index (χ1) is 27.9. The number of amides is 1. The molecule has 0 spiro atoms. The number of aliphatic hydroxyl groups excluding tert-OH is 1. The number of aromatic nitrogens is 4. The number of tetrazole rings is 1. The maximum atomic E-state index is 15.4. The van der Waals surface area contributed by atoms with Gasteiger partial charge in [-0.25, -0.2) is 26.4 Å². The highest BCUT2D eigenvalue weighted by atomic mass is 127. The molecule has 59 heavy (non-hydrogen) atoms. The zero-order valence-electron chi connectivity index (χ0n) is 33.2. The van der Waals surface area contributed by atoms with Crippen LogP contribution in [0, 0.1) is 3.57 Å². The largest absolute Gasteiger partial charge is 0.497 e. The first-order valence-corrected chi connectivity index (χ1v) is 22.0. The topological polar surface area (TPSA) is 216 Å². The van der Waals surface area contributed by atoms with Gasteiger partial charge in [0, 0.05) is 28.7 Å². The summed E-state index contributed by atoms with van der Waals surface area (Å²) in [7, 11) is -5.06. The van der Waals surface area contributed by atoms with Gasteiger partial charge in [-0.3, -0.25) is 4.90 Å². The number of carboxylic acid groups (broad SMARTS) is 1. The Morgan fingerprint density at radius 3 is 1.75 bits per heavy atom. The van der Waals surface area contributed by atoms with Crippen LogP contribution < -0.4 is 18.9 Å². The Hall–Kier alpha value is -4.87. The van der Waals surface area contributed by atoms with Crippen LogP contribution in [-0.2, 0) is 39.7 Å². The van der Waals surface area contributed by atoms with Gasteiger partial charge in [-0.05, 0) is 114 Å². The van der Waals surface area contributed by atoms with E-state index in [4.69, 9.17) is 14.2 Å². The SMILES string of the molecule is COc1ccc(CN(Cc2ccc(OC)cc2)S(=O)(=O)c2c(S(=O)(=O)NC[C@H](CO)N(C(=O)O)C(C)(C)C)ccc(I)c2-c2nnn(Cc3ccc(OC)cc3)n2)cc1. The van der Waals surface area contributed by atoms with E-state index >= 15 is 8.42 Å². The Kier molecular flexibility index (Phi) is 14.6. The number of nitrogens with one attached hydrogen (secondary N) is 1. The highest BCUT2D eigenvalue weighted by Gasteiger charge is 2.39. The quantitative estimate of drug-likeness (QED) is 0.101. The Balaban J connectivity index is 1.69. The second kappa shape index (κ2) is 19.0. The van der Waals surface area contributed by atoms with Crippen LogP contribution in [0.25, 0.3) is 11.4 Å². The summed E-state index contributed by atoms with van der Waals surface area (Å²) in [4.78, 5) is 13.2. The Labute approximate surface area is 357 Å². The molecule has 0 aliphatic carbocycles. The molecule has 4 aromatic carbocycles. The summed E-state index contributed by atoms with van der Waals surface area (Å²) in [5, 5.41) is 33.2. The van der Waals surface area contributed by atoms with Gasteiger partial charge in [0.25, 0.3) is 0 Å². The molecule has 0 bridgehead atoms. The summed E-state index contributed by atoms with van der Waals surface area (Å²) in [6, 6.07) is 22.1. The van der Waals surface area contributed by atoms with Crippen molar-refractivity contribution in [2.75, 3.05) is 34.5 Å². The van der Waals surface area contributed by atoms with Crippen LogP contribution in [0.4, 0.5) is 4.79 Å². The van der Waals surface area contributed by atoms with Crippen LogP contribution in [-0.4, -0.2) is 109 Å². The van der Waals surface area contributed by atoms with Crippen molar-refractivity contribution >= 4 is 48.7 Å². The van der Waals surface area contributed by atoms with E-state index in [1.807, 2.05) is 22.6 Å². The van der Waals surface area contributed by atoms with Crippen LogP contribution in [0.1, 0.15) is 37.5 Å². The Morgan fingerprint density at radius 1 is 0.814 bits per heavy atom. The fraction of sp³-hybridized carbons (Fsp3) is 0.333. The summed E-state index contributed by atoms with van der Waals surface area (Å²) < 4.78 is 79.6. The number of rotatable bonds is 18. The lowest BCUT2D eigenvalue weighted by molar-refractivity contribution is 0.0482. The zero-order valence-corrected chi connectivity index (χ0v) is 37.0. The zero-order chi connectivity index (χ0) is 43.1. The molecular formula is C39H46IN7O10S2. The predicted octanol–water partition coefficient (Wildman–Crippen LogP) is 4.83. The molecule has 1 amide bonds. The van der Waals surface area contributed by atoms with Gasteiger partial charge in [-0.2, -0.15) is 9.10 Å².